The number of furan rings is 1. The number of aromatic nitrogens is 6. The maximum absolute atomic E-state index is 6.08. The monoisotopic (exact) mass is 806 g/mol. The van der Waals surface area contributed by atoms with Gasteiger partial charge in [0.15, 0.2) is 17.2 Å². The number of hydrogen-bond donors (Lipinski definition) is 0. The third-order valence-corrected chi connectivity index (χ3v) is 12.2. The fourth-order valence-corrected chi connectivity index (χ4v) is 9.30. The molecule has 294 valence electrons. The van der Waals surface area contributed by atoms with Crippen LogP contribution in [0.4, 0.5) is 0 Å². The molecule has 7 heteroatoms. The van der Waals surface area contributed by atoms with Gasteiger partial charge in [-0.2, -0.15) is 9.97 Å². The molecule has 0 saturated carbocycles. The lowest BCUT2D eigenvalue weighted by atomic mass is 10.0. The number of rotatable bonds is 6. The second-order valence-electron chi connectivity index (χ2n) is 15.9. The first-order chi connectivity index (χ1) is 31.2. The van der Waals surface area contributed by atoms with E-state index in [1.807, 2.05) is 85.1 Å². The van der Waals surface area contributed by atoms with Gasteiger partial charge >= 0.3 is 0 Å². The van der Waals surface area contributed by atoms with Gasteiger partial charge in [-0.15, -0.1) is 0 Å². The van der Waals surface area contributed by atoms with E-state index in [2.05, 4.69) is 135 Å². The van der Waals surface area contributed by atoms with Crippen LogP contribution in [0.2, 0.25) is 0 Å². The van der Waals surface area contributed by atoms with Crippen LogP contribution in [0, 0.1) is 0 Å². The zero-order chi connectivity index (χ0) is 41.4. The second-order valence-corrected chi connectivity index (χ2v) is 15.9. The Morgan fingerprint density at radius 1 is 0.333 bits per heavy atom. The van der Waals surface area contributed by atoms with Crippen molar-refractivity contribution in [1.82, 2.24) is 29.1 Å². The van der Waals surface area contributed by atoms with E-state index in [9.17, 15) is 0 Å². The number of nitrogens with zero attached hydrogens (tertiary/aromatic N) is 6. The summed E-state index contributed by atoms with van der Waals surface area (Å²) in [6.07, 6.45) is 1.82. The van der Waals surface area contributed by atoms with E-state index in [0.717, 1.165) is 94.0 Å². The van der Waals surface area contributed by atoms with Crippen molar-refractivity contribution in [2.75, 3.05) is 0 Å². The zero-order valence-electron chi connectivity index (χ0n) is 33.7. The second kappa shape index (κ2) is 13.9. The fraction of sp³-hybridized carbons (Fsp3) is 0. The Morgan fingerprint density at radius 2 is 0.857 bits per heavy atom. The highest BCUT2D eigenvalue weighted by molar-refractivity contribution is 6.13. The van der Waals surface area contributed by atoms with E-state index < -0.39 is 0 Å². The quantitative estimate of drug-likeness (QED) is 0.167. The fourth-order valence-electron chi connectivity index (χ4n) is 9.30. The summed E-state index contributed by atoms with van der Waals surface area (Å²) in [6, 6.07) is 70.0. The van der Waals surface area contributed by atoms with Crippen LogP contribution in [0.3, 0.4) is 0 Å². The molecule has 5 heterocycles. The van der Waals surface area contributed by atoms with Crippen molar-refractivity contribution >= 4 is 65.7 Å². The van der Waals surface area contributed by atoms with Crippen LogP contribution < -0.4 is 0 Å². The molecule has 0 aliphatic heterocycles. The Bertz CT molecular complexity index is 3860. The van der Waals surface area contributed by atoms with Crippen LogP contribution in [0.5, 0.6) is 0 Å². The lowest BCUT2D eigenvalue weighted by Gasteiger charge is -2.11. The Labute approximate surface area is 360 Å². The molecule has 8 aromatic carbocycles. The largest absolute Gasteiger partial charge is 0.454 e. The highest BCUT2D eigenvalue weighted by Gasteiger charge is 2.20. The number of hydrogen-bond acceptors (Lipinski definition) is 5. The molecule has 63 heavy (non-hydrogen) atoms. The molecule has 0 fully saturated rings. The van der Waals surface area contributed by atoms with Crippen molar-refractivity contribution in [3.05, 3.63) is 206 Å². The summed E-state index contributed by atoms with van der Waals surface area (Å²) >= 11 is 0. The molecule has 0 aliphatic carbocycles. The molecule has 7 nitrogen and oxygen atoms in total. The van der Waals surface area contributed by atoms with Gasteiger partial charge in [-0.1, -0.05) is 127 Å². The Hall–Kier alpha value is -8.68. The molecule has 0 amide bonds. The van der Waals surface area contributed by atoms with Gasteiger partial charge in [-0.3, -0.25) is 9.55 Å². The Morgan fingerprint density at radius 3 is 1.52 bits per heavy atom. The zero-order valence-corrected chi connectivity index (χ0v) is 33.7. The number of pyridine rings is 1. The molecule has 0 aliphatic rings. The van der Waals surface area contributed by atoms with Gasteiger partial charge < -0.3 is 8.98 Å². The van der Waals surface area contributed by atoms with Crippen LogP contribution in [0.15, 0.2) is 211 Å². The Kier molecular flexibility index (Phi) is 7.77. The Balaban J connectivity index is 0.938. The molecule has 0 bridgehead atoms. The number of fused-ring (bicyclic) bond motifs is 9. The first-order valence-electron chi connectivity index (χ1n) is 21.0. The van der Waals surface area contributed by atoms with E-state index >= 15 is 0 Å². The van der Waals surface area contributed by atoms with Crippen molar-refractivity contribution < 1.29 is 4.42 Å². The van der Waals surface area contributed by atoms with E-state index in [-0.39, 0.29) is 0 Å². The summed E-state index contributed by atoms with van der Waals surface area (Å²) in [7, 11) is 0. The molecule has 5 aromatic heterocycles. The lowest BCUT2D eigenvalue weighted by molar-refractivity contribution is 0.668. The molecule has 0 radical (unpaired) electrons. The average molecular weight is 807 g/mol. The predicted molar refractivity (Wildman–Crippen MR) is 255 cm³/mol. The standard InChI is InChI=1S/C56H34N6O/c1-3-13-35(14-4-1)54-58-55(36-15-5-2-6-16-36)60-56(59-54)62-48-22-10-8-20-43(48)45-33-39(25-28-50(45)62)38-24-27-49-44(32-38)42-19-7-9-21-47(42)61(49)41-18-11-17-37(31-41)40-26-29-51-46(34-40)53-52(63-51)23-12-30-57-53/h1-34H. The minimum absolute atomic E-state index is 0.576. The minimum Gasteiger partial charge on any atom is -0.454 e. The molecule has 13 rings (SSSR count). The maximum atomic E-state index is 6.08. The number of para-hydroxylation sites is 2. The van der Waals surface area contributed by atoms with Gasteiger partial charge in [0.25, 0.3) is 0 Å². The molecule has 13 aromatic rings. The summed E-state index contributed by atoms with van der Waals surface area (Å²) < 4.78 is 10.6. The predicted octanol–water partition coefficient (Wildman–Crippen LogP) is 14.0. The van der Waals surface area contributed by atoms with E-state index in [1.54, 1.807) is 0 Å². The van der Waals surface area contributed by atoms with Crippen molar-refractivity contribution in [3.8, 4) is 56.7 Å². The van der Waals surface area contributed by atoms with E-state index in [0.29, 0.717) is 17.6 Å². The third kappa shape index (κ3) is 5.67. The molecular weight excluding hydrogens is 773 g/mol. The molecular formula is C56H34N6O. The van der Waals surface area contributed by atoms with Crippen LogP contribution >= 0.6 is 0 Å². The number of benzene rings is 8. The highest BCUT2D eigenvalue weighted by atomic mass is 16.3. The normalized spacial score (nSPS) is 11.8. The van der Waals surface area contributed by atoms with E-state index in [1.165, 1.54) is 10.8 Å². The molecule has 0 saturated heterocycles. The van der Waals surface area contributed by atoms with Crippen molar-refractivity contribution in [2.45, 2.75) is 0 Å². The van der Waals surface area contributed by atoms with Gasteiger partial charge in [0.1, 0.15) is 11.1 Å². The van der Waals surface area contributed by atoms with Gasteiger partial charge in [0.05, 0.1) is 22.1 Å². The van der Waals surface area contributed by atoms with Crippen LogP contribution in [-0.4, -0.2) is 29.1 Å². The third-order valence-electron chi connectivity index (χ3n) is 12.2. The topological polar surface area (TPSA) is 74.6 Å². The van der Waals surface area contributed by atoms with Crippen molar-refractivity contribution in [2.24, 2.45) is 0 Å². The SMILES string of the molecule is c1ccc(-c2nc(-c3ccccc3)nc(-n3c4ccccc4c4cc(-c5ccc6c(c5)c5ccccc5n6-c5cccc(-c6ccc7oc8cccnc8c7c6)c5)ccc43)n2)cc1. The van der Waals surface area contributed by atoms with Crippen LogP contribution in [0.25, 0.3) is 122 Å². The minimum atomic E-state index is 0.576. The van der Waals surface area contributed by atoms with Gasteiger partial charge in [-0.25, -0.2) is 4.98 Å². The van der Waals surface area contributed by atoms with Crippen LogP contribution in [0.1, 0.15) is 0 Å². The van der Waals surface area contributed by atoms with Gasteiger partial charge in [-0.05, 0) is 95.1 Å². The summed E-state index contributed by atoms with van der Waals surface area (Å²) in [5, 5.41) is 5.67. The summed E-state index contributed by atoms with van der Waals surface area (Å²) in [5.41, 5.74) is 14.4. The first-order valence-corrected chi connectivity index (χ1v) is 21.0. The summed E-state index contributed by atoms with van der Waals surface area (Å²) in [4.78, 5) is 19.8. The van der Waals surface area contributed by atoms with E-state index in [4.69, 9.17) is 19.4 Å². The average Bonchev–Trinajstić information content (AvgIpc) is 4.01. The summed E-state index contributed by atoms with van der Waals surface area (Å²) in [6.45, 7) is 0. The molecule has 0 spiro atoms. The van der Waals surface area contributed by atoms with Crippen LogP contribution in [-0.2, 0) is 0 Å². The smallest absolute Gasteiger partial charge is 0.238 e. The molecule has 0 N–H and O–H groups in total. The van der Waals surface area contributed by atoms with Crippen molar-refractivity contribution in [3.63, 3.8) is 0 Å². The highest BCUT2D eigenvalue weighted by Crippen LogP contribution is 2.39. The lowest BCUT2D eigenvalue weighted by Crippen LogP contribution is -2.06. The van der Waals surface area contributed by atoms with Crippen molar-refractivity contribution in [1.29, 1.82) is 0 Å². The molecule has 0 atom stereocenters. The first kappa shape index (κ1) is 35.1. The van der Waals surface area contributed by atoms with Gasteiger partial charge in [0.2, 0.25) is 5.95 Å². The molecule has 0 unspecified atom stereocenters. The summed E-state index contributed by atoms with van der Waals surface area (Å²) in [5.74, 6) is 1.83. The maximum Gasteiger partial charge on any atom is 0.238 e. The van der Waals surface area contributed by atoms with Gasteiger partial charge in [0, 0.05) is 49.9 Å².